The van der Waals surface area contributed by atoms with Gasteiger partial charge in [-0.05, 0) is 37.0 Å². The lowest BCUT2D eigenvalue weighted by Gasteiger charge is -2.21. The molecule has 0 saturated heterocycles. The molecule has 3 nitrogen and oxygen atoms in total. The number of carboxylic acid groups (broad SMARTS) is 1. The highest BCUT2D eigenvalue weighted by atomic mass is 16.4. The highest BCUT2D eigenvalue weighted by Crippen LogP contribution is 2.34. The van der Waals surface area contributed by atoms with E-state index in [2.05, 4.69) is 37.1 Å². The molecule has 1 heterocycles. The van der Waals surface area contributed by atoms with Gasteiger partial charge in [0.05, 0.1) is 0 Å². The first-order valence-corrected chi connectivity index (χ1v) is 5.62. The number of aryl methyl sites for hydroxylation is 1. The third-order valence-electron chi connectivity index (χ3n) is 3.44. The second kappa shape index (κ2) is 4.16. The van der Waals surface area contributed by atoms with Crippen LogP contribution in [0, 0.1) is 6.92 Å². The molecule has 1 atom stereocenters. The van der Waals surface area contributed by atoms with Gasteiger partial charge >= 0.3 is 5.97 Å². The van der Waals surface area contributed by atoms with Crippen LogP contribution in [0.2, 0.25) is 0 Å². The molecule has 1 aromatic carbocycles. The van der Waals surface area contributed by atoms with E-state index in [-0.39, 0.29) is 6.42 Å². The Kier molecular flexibility index (Phi) is 2.86. The van der Waals surface area contributed by atoms with E-state index < -0.39 is 5.97 Å². The molecule has 0 bridgehead atoms. The molecule has 16 heavy (non-hydrogen) atoms. The summed E-state index contributed by atoms with van der Waals surface area (Å²) >= 11 is 0. The lowest BCUT2D eigenvalue weighted by Crippen LogP contribution is -2.28. The molecule has 1 aromatic rings. The fraction of sp³-hybridized carbons (Fsp3) is 0.462. The van der Waals surface area contributed by atoms with Gasteiger partial charge in [0.1, 0.15) is 0 Å². The molecule has 0 fully saturated rings. The van der Waals surface area contributed by atoms with Crippen LogP contribution in [0.4, 0.5) is 5.69 Å². The standard InChI is InChI=1S/C13H17NO2/c1-9-4-3-5-12-11(9)8-10(14(12)2)6-7-13(15)16/h3-5,10H,6-8H2,1-2H3,(H,15,16). The summed E-state index contributed by atoms with van der Waals surface area (Å²) in [7, 11) is 2.05. The Morgan fingerprint density at radius 2 is 2.31 bits per heavy atom. The summed E-state index contributed by atoms with van der Waals surface area (Å²) in [5, 5.41) is 8.71. The topological polar surface area (TPSA) is 40.5 Å². The molecule has 0 radical (unpaired) electrons. The number of likely N-dealkylation sites (N-methyl/N-ethyl adjacent to an activating group) is 1. The summed E-state index contributed by atoms with van der Waals surface area (Å²) in [6.45, 7) is 2.12. The largest absolute Gasteiger partial charge is 0.481 e. The van der Waals surface area contributed by atoms with Gasteiger partial charge in [-0.3, -0.25) is 4.79 Å². The molecule has 0 spiro atoms. The minimum absolute atomic E-state index is 0.252. The van der Waals surface area contributed by atoms with Crippen LogP contribution < -0.4 is 4.90 Å². The number of anilines is 1. The van der Waals surface area contributed by atoms with Crippen LogP contribution in [0.5, 0.6) is 0 Å². The van der Waals surface area contributed by atoms with E-state index in [9.17, 15) is 4.79 Å². The first-order valence-electron chi connectivity index (χ1n) is 5.62. The van der Waals surface area contributed by atoms with Crippen molar-refractivity contribution >= 4 is 11.7 Å². The van der Waals surface area contributed by atoms with Gasteiger partial charge in [-0.1, -0.05) is 12.1 Å². The van der Waals surface area contributed by atoms with E-state index in [1.165, 1.54) is 16.8 Å². The molecule has 1 N–H and O–H groups in total. The highest BCUT2D eigenvalue weighted by Gasteiger charge is 2.27. The van der Waals surface area contributed by atoms with Gasteiger partial charge < -0.3 is 10.0 Å². The second-order valence-corrected chi connectivity index (χ2v) is 4.47. The number of hydrogen-bond donors (Lipinski definition) is 1. The quantitative estimate of drug-likeness (QED) is 0.847. The van der Waals surface area contributed by atoms with E-state index in [0.717, 1.165) is 12.8 Å². The van der Waals surface area contributed by atoms with Crippen molar-refractivity contribution in [3.63, 3.8) is 0 Å². The SMILES string of the molecule is Cc1cccc2c1CC(CCC(=O)O)N2C. The monoisotopic (exact) mass is 219 g/mol. The van der Waals surface area contributed by atoms with E-state index in [0.29, 0.717) is 6.04 Å². The van der Waals surface area contributed by atoms with Gasteiger partial charge in [0.25, 0.3) is 0 Å². The van der Waals surface area contributed by atoms with E-state index >= 15 is 0 Å². The van der Waals surface area contributed by atoms with Crippen molar-refractivity contribution in [3.8, 4) is 0 Å². The van der Waals surface area contributed by atoms with Gasteiger partial charge in [0.2, 0.25) is 0 Å². The number of aliphatic carboxylic acids is 1. The first-order chi connectivity index (χ1) is 7.59. The lowest BCUT2D eigenvalue weighted by atomic mass is 10.0. The lowest BCUT2D eigenvalue weighted by molar-refractivity contribution is -0.137. The van der Waals surface area contributed by atoms with Gasteiger partial charge in [0.15, 0.2) is 0 Å². The van der Waals surface area contributed by atoms with Crippen molar-refractivity contribution < 1.29 is 9.90 Å². The Morgan fingerprint density at radius 3 is 2.94 bits per heavy atom. The minimum atomic E-state index is -0.707. The maximum atomic E-state index is 10.6. The number of hydrogen-bond acceptors (Lipinski definition) is 2. The Balaban J connectivity index is 2.14. The number of benzene rings is 1. The first kappa shape index (κ1) is 11.0. The summed E-state index contributed by atoms with van der Waals surface area (Å²) in [4.78, 5) is 12.8. The summed E-state index contributed by atoms with van der Waals surface area (Å²) in [6, 6.07) is 6.63. The fourth-order valence-corrected chi connectivity index (χ4v) is 2.44. The number of rotatable bonds is 3. The molecule has 0 amide bonds. The summed E-state index contributed by atoms with van der Waals surface area (Å²) in [5.41, 5.74) is 3.94. The zero-order valence-corrected chi connectivity index (χ0v) is 9.73. The van der Waals surface area contributed by atoms with Crippen molar-refractivity contribution in [1.29, 1.82) is 0 Å². The zero-order chi connectivity index (χ0) is 11.7. The highest BCUT2D eigenvalue weighted by molar-refractivity contribution is 5.67. The van der Waals surface area contributed by atoms with Crippen LogP contribution in [0.3, 0.4) is 0 Å². The Morgan fingerprint density at radius 1 is 1.56 bits per heavy atom. The number of carboxylic acids is 1. The smallest absolute Gasteiger partial charge is 0.303 e. The maximum Gasteiger partial charge on any atom is 0.303 e. The molecule has 3 heteroatoms. The molecular formula is C13H17NO2. The third kappa shape index (κ3) is 1.90. The Bertz CT molecular complexity index is 414. The average molecular weight is 219 g/mol. The summed E-state index contributed by atoms with van der Waals surface area (Å²) in [6.07, 6.45) is 1.95. The molecule has 0 aromatic heterocycles. The normalized spacial score (nSPS) is 18.6. The van der Waals surface area contributed by atoms with Gasteiger partial charge in [0, 0.05) is 25.2 Å². The number of fused-ring (bicyclic) bond motifs is 1. The van der Waals surface area contributed by atoms with Gasteiger partial charge in [-0.2, -0.15) is 0 Å². The molecule has 86 valence electrons. The van der Waals surface area contributed by atoms with E-state index in [1.54, 1.807) is 0 Å². The molecule has 2 rings (SSSR count). The van der Waals surface area contributed by atoms with Crippen molar-refractivity contribution in [2.75, 3.05) is 11.9 Å². The van der Waals surface area contributed by atoms with Crippen LogP contribution in [-0.4, -0.2) is 24.2 Å². The van der Waals surface area contributed by atoms with Crippen LogP contribution in [0.15, 0.2) is 18.2 Å². The average Bonchev–Trinajstić information content (AvgIpc) is 2.55. The zero-order valence-electron chi connectivity index (χ0n) is 9.73. The number of carbonyl (C=O) groups is 1. The van der Waals surface area contributed by atoms with Crippen molar-refractivity contribution in [3.05, 3.63) is 29.3 Å². The van der Waals surface area contributed by atoms with Gasteiger partial charge in [-0.15, -0.1) is 0 Å². The van der Waals surface area contributed by atoms with Crippen LogP contribution in [-0.2, 0) is 11.2 Å². The minimum Gasteiger partial charge on any atom is -0.481 e. The predicted octanol–water partition coefficient (Wildman–Crippen LogP) is 2.22. The second-order valence-electron chi connectivity index (χ2n) is 4.47. The van der Waals surface area contributed by atoms with Crippen LogP contribution in [0.25, 0.3) is 0 Å². The Hall–Kier alpha value is -1.51. The van der Waals surface area contributed by atoms with Gasteiger partial charge in [-0.25, -0.2) is 0 Å². The summed E-state index contributed by atoms with van der Waals surface area (Å²) < 4.78 is 0. The summed E-state index contributed by atoms with van der Waals surface area (Å²) in [5.74, 6) is -0.707. The van der Waals surface area contributed by atoms with E-state index in [4.69, 9.17) is 5.11 Å². The molecule has 0 aliphatic carbocycles. The van der Waals surface area contributed by atoms with Crippen molar-refractivity contribution in [2.24, 2.45) is 0 Å². The molecule has 0 saturated carbocycles. The van der Waals surface area contributed by atoms with Crippen molar-refractivity contribution in [1.82, 2.24) is 0 Å². The molecular weight excluding hydrogens is 202 g/mol. The van der Waals surface area contributed by atoms with E-state index in [1.807, 2.05) is 0 Å². The third-order valence-corrected chi connectivity index (χ3v) is 3.44. The molecule has 1 aliphatic rings. The van der Waals surface area contributed by atoms with Crippen LogP contribution >= 0.6 is 0 Å². The fourth-order valence-electron chi connectivity index (χ4n) is 2.44. The molecule has 1 aliphatic heterocycles. The number of nitrogens with zero attached hydrogens (tertiary/aromatic N) is 1. The molecule has 1 unspecified atom stereocenters. The predicted molar refractivity (Wildman–Crippen MR) is 63.9 cm³/mol. The van der Waals surface area contributed by atoms with Crippen molar-refractivity contribution in [2.45, 2.75) is 32.2 Å². The van der Waals surface area contributed by atoms with Crippen LogP contribution in [0.1, 0.15) is 24.0 Å². The maximum absolute atomic E-state index is 10.6. The Labute approximate surface area is 95.7 Å².